The molecule has 1 heterocycles. The highest BCUT2D eigenvalue weighted by Gasteiger charge is 2.25. The molecule has 1 aromatic rings. The van der Waals surface area contributed by atoms with E-state index in [4.69, 9.17) is 9.47 Å². The summed E-state index contributed by atoms with van der Waals surface area (Å²) < 4.78 is 10.7. The summed E-state index contributed by atoms with van der Waals surface area (Å²) in [6.07, 6.45) is 0. The summed E-state index contributed by atoms with van der Waals surface area (Å²) in [5, 5.41) is 3.01. The fourth-order valence-electron chi connectivity index (χ4n) is 2.34. The second kappa shape index (κ2) is 6.24. The van der Waals surface area contributed by atoms with Crippen LogP contribution in [0.2, 0.25) is 0 Å². The number of carbonyl (C=O) groups excluding carboxylic acids is 1. The average molecular weight is 292 g/mol. The van der Waals surface area contributed by atoms with Gasteiger partial charge in [-0.25, -0.2) is 4.79 Å². The molecule has 0 atom stereocenters. The smallest absolute Gasteiger partial charge is 0.317 e. The van der Waals surface area contributed by atoms with Crippen molar-refractivity contribution < 1.29 is 14.3 Å². The molecule has 1 N–H and O–H groups in total. The molecule has 1 aliphatic rings. The Morgan fingerprint density at radius 3 is 2.57 bits per heavy atom. The quantitative estimate of drug-likeness (QED) is 0.908. The van der Waals surface area contributed by atoms with Gasteiger partial charge in [-0.05, 0) is 31.5 Å². The van der Waals surface area contributed by atoms with Crippen LogP contribution in [0.15, 0.2) is 18.2 Å². The summed E-state index contributed by atoms with van der Waals surface area (Å²) in [6.45, 7) is 10.4. The number of fused-ring (bicyclic) bond motifs is 1. The van der Waals surface area contributed by atoms with Gasteiger partial charge in [-0.3, -0.25) is 0 Å². The molecule has 0 saturated heterocycles. The fourth-order valence-corrected chi connectivity index (χ4v) is 2.34. The highest BCUT2D eigenvalue weighted by atomic mass is 16.7. The number of nitrogens with zero attached hydrogens (tertiary/aromatic N) is 1. The van der Waals surface area contributed by atoms with Crippen LogP contribution in [0.5, 0.6) is 11.5 Å². The summed E-state index contributed by atoms with van der Waals surface area (Å²) in [5.41, 5.74) is 0.940. The van der Waals surface area contributed by atoms with E-state index in [1.54, 1.807) is 4.90 Å². The number of hydrogen-bond donors (Lipinski definition) is 1. The monoisotopic (exact) mass is 292 g/mol. The van der Waals surface area contributed by atoms with Gasteiger partial charge in [0.25, 0.3) is 0 Å². The molecule has 2 amide bonds. The Hall–Kier alpha value is -1.91. The largest absolute Gasteiger partial charge is 0.454 e. The van der Waals surface area contributed by atoms with E-state index in [1.807, 2.05) is 32.0 Å². The van der Waals surface area contributed by atoms with Crippen molar-refractivity contribution >= 4 is 6.03 Å². The third kappa shape index (κ3) is 3.40. The molecule has 0 saturated carbocycles. The van der Waals surface area contributed by atoms with E-state index in [0.29, 0.717) is 19.6 Å². The number of rotatable bonds is 5. The molecule has 1 aromatic carbocycles. The van der Waals surface area contributed by atoms with Gasteiger partial charge >= 0.3 is 6.03 Å². The molecule has 116 valence electrons. The van der Waals surface area contributed by atoms with E-state index in [0.717, 1.165) is 17.1 Å². The van der Waals surface area contributed by atoms with Gasteiger partial charge in [-0.2, -0.15) is 0 Å². The molecular formula is C16H24N2O3. The normalized spacial score (nSPS) is 13.1. The molecule has 0 aromatic heterocycles. The Bertz CT molecular complexity index is 510. The third-order valence-electron chi connectivity index (χ3n) is 3.89. The van der Waals surface area contributed by atoms with E-state index in [2.05, 4.69) is 19.2 Å². The van der Waals surface area contributed by atoms with Crippen LogP contribution >= 0.6 is 0 Å². The van der Waals surface area contributed by atoms with E-state index in [9.17, 15) is 4.79 Å². The van der Waals surface area contributed by atoms with E-state index < -0.39 is 0 Å². The fraction of sp³-hybridized carbons (Fsp3) is 0.562. The van der Waals surface area contributed by atoms with Crippen molar-refractivity contribution in [3.63, 3.8) is 0 Å². The standard InChI is InChI=1S/C16H24N2O3/c1-5-18(6-2)15(19)17-10-16(3,4)12-7-8-13-14(9-12)21-11-20-13/h7-9H,5-6,10-11H2,1-4H3,(H,17,19). The molecule has 0 radical (unpaired) electrons. The van der Waals surface area contributed by atoms with Crippen LogP contribution in [0.3, 0.4) is 0 Å². The first-order chi connectivity index (χ1) is 9.97. The van der Waals surface area contributed by atoms with Gasteiger partial charge in [0, 0.05) is 25.0 Å². The van der Waals surface area contributed by atoms with Crippen LogP contribution in [0.1, 0.15) is 33.3 Å². The van der Waals surface area contributed by atoms with E-state index in [1.165, 1.54) is 0 Å². The Labute approximate surface area is 126 Å². The molecule has 5 nitrogen and oxygen atoms in total. The Kier molecular flexibility index (Phi) is 4.60. The van der Waals surface area contributed by atoms with Crippen LogP contribution in [0, 0.1) is 0 Å². The average Bonchev–Trinajstić information content (AvgIpc) is 2.94. The lowest BCUT2D eigenvalue weighted by Gasteiger charge is -2.28. The van der Waals surface area contributed by atoms with Crippen LogP contribution in [0.4, 0.5) is 4.79 Å². The molecular weight excluding hydrogens is 268 g/mol. The summed E-state index contributed by atoms with van der Waals surface area (Å²) in [7, 11) is 0. The first-order valence-electron chi connectivity index (χ1n) is 7.41. The predicted octanol–water partition coefficient (Wildman–Crippen LogP) is 2.74. The number of ether oxygens (including phenoxy) is 2. The predicted molar refractivity (Wildman–Crippen MR) is 81.9 cm³/mol. The number of amides is 2. The second-order valence-electron chi connectivity index (χ2n) is 5.78. The van der Waals surface area contributed by atoms with Crippen molar-refractivity contribution in [1.29, 1.82) is 0 Å². The molecule has 1 aliphatic heterocycles. The van der Waals surface area contributed by atoms with Gasteiger partial charge in [0.2, 0.25) is 6.79 Å². The molecule has 0 unspecified atom stereocenters. The van der Waals surface area contributed by atoms with Gasteiger partial charge < -0.3 is 19.7 Å². The van der Waals surface area contributed by atoms with Crippen LogP contribution in [0.25, 0.3) is 0 Å². The highest BCUT2D eigenvalue weighted by molar-refractivity contribution is 5.74. The summed E-state index contributed by atoms with van der Waals surface area (Å²) in [5.74, 6) is 1.55. The minimum atomic E-state index is -0.177. The number of hydrogen-bond acceptors (Lipinski definition) is 3. The Morgan fingerprint density at radius 1 is 1.24 bits per heavy atom. The molecule has 2 rings (SSSR count). The van der Waals surface area contributed by atoms with Crippen LogP contribution in [-0.2, 0) is 5.41 Å². The zero-order valence-electron chi connectivity index (χ0n) is 13.2. The van der Waals surface area contributed by atoms with Crippen molar-refractivity contribution in [2.24, 2.45) is 0 Å². The van der Waals surface area contributed by atoms with Gasteiger partial charge in [0.05, 0.1) is 0 Å². The zero-order valence-corrected chi connectivity index (χ0v) is 13.2. The third-order valence-corrected chi connectivity index (χ3v) is 3.89. The summed E-state index contributed by atoms with van der Waals surface area (Å²) >= 11 is 0. The van der Waals surface area contributed by atoms with Crippen molar-refractivity contribution in [1.82, 2.24) is 10.2 Å². The van der Waals surface area contributed by atoms with Crippen LogP contribution < -0.4 is 14.8 Å². The van der Waals surface area contributed by atoms with Gasteiger partial charge in [-0.1, -0.05) is 19.9 Å². The molecule has 0 bridgehead atoms. The lowest BCUT2D eigenvalue weighted by atomic mass is 9.84. The summed E-state index contributed by atoms with van der Waals surface area (Å²) in [6, 6.07) is 5.92. The first kappa shape index (κ1) is 15.5. The molecule has 5 heteroatoms. The zero-order chi connectivity index (χ0) is 15.5. The summed E-state index contributed by atoms with van der Waals surface area (Å²) in [4.78, 5) is 13.8. The van der Waals surface area contributed by atoms with E-state index in [-0.39, 0.29) is 18.2 Å². The lowest BCUT2D eigenvalue weighted by Crippen LogP contribution is -2.44. The van der Waals surface area contributed by atoms with Gasteiger partial charge in [0.15, 0.2) is 11.5 Å². The maximum absolute atomic E-state index is 12.0. The van der Waals surface area contributed by atoms with Gasteiger partial charge in [0.1, 0.15) is 0 Å². The van der Waals surface area contributed by atoms with Crippen molar-refractivity contribution in [2.75, 3.05) is 26.4 Å². The molecule has 21 heavy (non-hydrogen) atoms. The maximum Gasteiger partial charge on any atom is 0.317 e. The van der Waals surface area contributed by atoms with Crippen molar-refractivity contribution in [3.8, 4) is 11.5 Å². The number of urea groups is 1. The number of carbonyl (C=O) groups is 1. The SMILES string of the molecule is CCN(CC)C(=O)NCC(C)(C)c1ccc2c(c1)OCO2. The lowest BCUT2D eigenvalue weighted by molar-refractivity contribution is 0.174. The van der Waals surface area contributed by atoms with Crippen LogP contribution in [-0.4, -0.2) is 37.4 Å². The second-order valence-corrected chi connectivity index (χ2v) is 5.78. The minimum Gasteiger partial charge on any atom is -0.454 e. The number of benzene rings is 1. The molecule has 0 fully saturated rings. The highest BCUT2D eigenvalue weighted by Crippen LogP contribution is 2.36. The van der Waals surface area contributed by atoms with E-state index >= 15 is 0 Å². The maximum atomic E-state index is 12.0. The number of nitrogens with one attached hydrogen (secondary N) is 1. The van der Waals surface area contributed by atoms with Gasteiger partial charge in [-0.15, -0.1) is 0 Å². The van der Waals surface area contributed by atoms with Crippen molar-refractivity contribution in [3.05, 3.63) is 23.8 Å². The van der Waals surface area contributed by atoms with Crippen molar-refractivity contribution in [2.45, 2.75) is 33.1 Å². The molecule has 0 spiro atoms. The Balaban J connectivity index is 2.03. The minimum absolute atomic E-state index is 0.0196. The Morgan fingerprint density at radius 2 is 1.90 bits per heavy atom. The first-order valence-corrected chi connectivity index (χ1v) is 7.41. The molecule has 0 aliphatic carbocycles. The topological polar surface area (TPSA) is 50.8 Å².